The first-order valence-corrected chi connectivity index (χ1v) is 6.03. The van der Waals surface area contributed by atoms with Gasteiger partial charge in [0.05, 0.1) is 16.7 Å². The Morgan fingerprint density at radius 1 is 0.731 bits per heavy atom. The van der Waals surface area contributed by atoms with E-state index in [1.807, 2.05) is 0 Å². The highest BCUT2D eigenvalue weighted by Gasteiger charge is 2.35. The van der Waals surface area contributed by atoms with Crippen LogP contribution in [0.25, 0.3) is 11.1 Å². The van der Waals surface area contributed by atoms with Gasteiger partial charge in [0.2, 0.25) is 17.3 Å². The summed E-state index contributed by atoms with van der Waals surface area (Å²) in [6.07, 6.45) is 0. The third-order valence-corrected chi connectivity index (χ3v) is 3.13. The number of benzene rings is 2. The molecule has 140 valence electrons. The lowest BCUT2D eigenvalue weighted by atomic mass is 9.96. The average molecular weight is 390 g/mol. The van der Waals surface area contributed by atoms with Gasteiger partial charge in [-0.3, -0.25) is 14.8 Å². The maximum Gasteiger partial charge on any atom is 0.336 e. The summed E-state index contributed by atoms with van der Waals surface area (Å²) >= 11 is 0. The third-order valence-electron chi connectivity index (χ3n) is 3.13. The molecule has 0 saturated heterocycles. The van der Waals surface area contributed by atoms with E-state index in [-0.39, 0.29) is 6.07 Å². The lowest BCUT2D eigenvalue weighted by Gasteiger charge is -2.15. The summed E-state index contributed by atoms with van der Waals surface area (Å²) in [6, 6.07) is 0.0349. The van der Waals surface area contributed by atoms with Crippen molar-refractivity contribution in [2.24, 2.45) is 0 Å². The van der Waals surface area contributed by atoms with E-state index in [0.717, 1.165) is 0 Å². The Morgan fingerprint density at radius 2 is 1.19 bits per heavy atom. The standard InChI is InChI=1S/C13H2F8O5/c14-6-5(7(15)9(17)10(18)8(6)16)4-2(13(22)23)1-3(24-19)11(25-20)12(4)26-21/h1H,(H,22,23). The number of hydrogen-bond acceptors (Lipinski definition) is 4. The molecule has 2 aromatic rings. The molecule has 0 aliphatic heterocycles. The van der Waals surface area contributed by atoms with Crippen LogP contribution < -0.4 is 14.8 Å². The fraction of sp³-hybridized carbons (Fsp3) is 0. The maximum absolute atomic E-state index is 13.9. The minimum atomic E-state index is -2.60. The second kappa shape index (κ2) is 6.93. The van der Waals surface area contributed by atoms with Gasteiger partial charge in [0.1, 0.15) is 0 Å². The molecule has 0 aliphatic carbocycles. The van der Waals surface area contributed by atoms with Crippen LogP contribution in [0.15, 0.2) is 6.07 Å². The van der Waals surface area contributed by atoms with E-state index >= 15 is 0 Å². The van der Waals surface area contributed by atoms with Gasteiger partial charge in [0.15, 0.2) is 23.3 Å². The molecule has 1 N–H and O–H groups in total. The van der Waals surface area contributed by atoms with Gasteiger partial charge in [-0.1, -0.05) is 0 Å². The molecule has 2 rings (SSSR count). The minimum absolute atomic E-state index is 0.0349. The fourth-order valence-electron chi connectivity index (χ4n) is 2.06. The molecule has 0 heterocycles. The van der Waals surface area contributed by atoms with Gasteiger partial charge in [-0.05, 0) is 0 Å². The average Bonchev–Trinajstić information content (AvgIpc) is 2.63. The zero-order valence-electron chi connectivity index (χ0n) is 11.7. The van der Waals surface area contributed by atoms with Crippen molar-refractivity contribution in [1.29, 1.82) is 0 Å². The van der Waals surface area contributed by atoms with Crippen molar-refractivity contribution in [3.63, 3.8) is 0 Å². The van der Waals surface area contributed by atoms with Gasteiger partial charge >= 0.3 is 5.97 Å². The van der Waals surface area contributed by atoms with Crippen molar-refractivity contribution < 1.29 is 60.3 Å². The van der Waals surface area contributed by atoms with Crippen molar-refractivity contribution in [2.75, 3.05) is 0 Å². The number of carbonyl (C=O) groups is 1. The highest BCUT2D eigenvalue weighted by atomic mass is 19.3. The molecule has 0 bridgehead atoms. The number of aromatic carboxylic acids is 1. The molecule has 26 heavy (non-hydrogen) atoms. The highest BCUT2D eigenvalue weighted by Crippen LogP contribution is 2.49. The lowest BCUT2D eigenvalue weighted by molar-refractivity contribution is -0.0554. The van der Waals surface area contributed by atoms with Crippen LogP contribution in [0.2, 0.25) is 0 Å². The predicted molar refractivity (Wildman–Crippen MR) is 63.8 cm³/mol. The van der Waals surface area contributed by atoms with E-state index < -0.39 is 69.0 Å². The minimum Gasteiger partial charge on any atom is -0.478 e. The van der Waals surface area contributed by atoms with Crippen molar-refractivity contribution >= 4 is 5.97 Å². The third kappa shape index (κ3) is 2.70. The molecule has 0 fully saturated rings. The molecular formula is C13H2F8O5. The highest BCUT2D eigenvalue weighted by molar-refractivity contribution is 6.00. The van der Waals surface area contributed by atoms with Crippen LogP contribution in [0.5, 0.6) is 17.2 Å². The lowest BCUT2D eigenvalue weighted by Crippen LogP contribution is -2.09. The van der Waals surface area contributed by atoms with Crippen LogP contribution in [0.4, 0.5) is 35.5 Å². The summed E-state index contributed by atoms with van der Waals surface area (Å²) in [5.74, 6) is -20.0. The summed E-state index contributed by atoms with van der Waals surface area (Å²) in [6.45, 7) is 0. The Hall–Kier alpha value is -3.25. The zero-order chi connectivity index (χ0) is 19.8. The summed E-state index contributed by atoms with van der Waals surface area (Å²) in [4.78, 5) is 20.2. The van der Waals surface area contributed by atoms with Gasteiger partial charge in [0, 0.05) is 19.6 Å². The second-order valence-electron chi connectivity index (χ2n) is 4.44. The van der Waals surface area contributed by atoms with Crippen LogP contribution in [0.1, 0.15) is 10.4 Å². The quantitative estimate of drug-likeness (QED) is 0.462. The van der Waals surface area contributed by atoms with Crippen molar-refractivity contribution in [1.82, 2.24) is 0 Å². The number of hydrogen-bond donors (Lipinski definition) is 1. The summed E-state index contributed by atoms with van der Waals surface area (Å²) in [5, 5.41) is 9.01. The monoisotopic (exact) mass is 390 g/mol. The first kappa shape index (κ1) is 19.1. The van der Waals surface area contributed by atoms with Crippen molar-refractivity contribution in [2.45, 2.75) is 0 Å². The molecular weight excluding hydrogens is 388 g/mol. The van der Waals surface area contributed by atoms with E-state index in [0.29, 0.717) is 0 Å². The molecule has 13 heteroatoms. The van der Waals surface area contributed by atoms with Crippen molar-refractivity contribution in [3.8, 4) is 28.4 Å². The van der Waals surface area contributed by atoms with E-state index in [4.69, 9.17) is 5.11 Å². The van der Waals surface area contributed by atoms with Gasteiger partial charge in [0.25, 0.3) is 5.75 Å². The smallest absolute Gasteiger partial charge is 0.336 e. The largest absolute Gasteiger partial charge is 0.478 e. The molecule has 2 aromatic carbocycles. The summed E-state index contributed by atoms with van der Waals surface area (Å²) in [7, 11) is 0. The van der Waals surface area contributed by atoms with Crippen LogP contribution >= 0.6 is 0 Å². The van der Waals surface area contributed by atoms with Crippen molar-refractivity contribution in [3.05, 3.63) is 40.7 Å². The number of carboxylic acids is 1. The van der Waals surface area contributed by atoms with Gasteiger partial charge in [-0.2, -0.15) is 0 Å². The van der Waals surface area contributed by atoms with E-state index in [1.54, 1.807) is 0 Å². The molecule has 0 unspecified atom stereocenters. The first-order valence-electron chi connectivity index (χ1n) is 6.03. The van der Waals surface area contributed by atoms with Gasteiger partial charge in [-0.15, -0.1) is 0 Å². The molecule has 0 aliphatic rings. The molecule has 0 radical (unpaired) electrons. The SMILES string of the molecule is O=C(O)c1cc(OF)c(OF)c(OF)c1-c1c(F)c(F)c(F)c(F)c1F. The fourth-order valence-corrected chi connectivity index (χ4v) is 2.06. The van der Waals surface area contributed by atoms with Crippen LogP contribution in [0.3, 0.4) is 0 Å². The normalized spacial score (nSPS) is 10.6. The van der Waals surface area contributed by atoms with Gasteiger partial charge in [-0.25, -0.2) is 26.7 Å². The van der Waals surface area contributed by atoms with Gasteiger partial charge < -0.3 is 5.11 Å². The summed E-state index contributed by atoms with van der Waals surface area (Å²) < 4.78 is 105. The molecule has 0 amide bonds. The topological polar surface area (TPSA) is 65.0 Å². The van der Waals surface area contributed by atoms with E-state index in [2.05, 4.69) is 14.8 Å². The predicted octanol–water partition coefficient (Wildman–Crippen LogP) is 4.54. The van der Waals surface area contributed by atoms with Crippen LogP contribution in [-0.2, 0) is 0 Å². The molecule has 5 nitrogen and oxygen atoms in total. The molecule has 0 saturated carbocycles. The zero-order valence-corrected chi connectivity index (χ0v) is 11.7. The number of rotatable bonds is 5. The molecule has 0 spiro atoms. The van der Waals surface area contributed by atoms with E-state index in [9.17, 15) is 40.3 Å². The first-order chi connectivity index (χ1) is 12.2. The summed E-state index contributed by atoms with van der Waals surface area (Å²) in [5.41, 5.74) is -5.12. The number of carboxylic acid groups (broad SMARTS) is 1. The second-order valence-corrected chi connectivity index (χ2v) is 4.44. The Bertz CT molecular complexity index is 872. The Kier molecular flexibility index (Phi) is 5.09. The Balaban J connectivity index is 3.10. The van der Waals surface area contributed by atoms with Crippen LogP contribution in [-0.4, -0.2) is 11.1 Å². The Labute approximate surface area is 136 Å². The molecule has 0 atom stereocenters. The molecule has 0 aromatic heterocycles. The Morgan fingerprint density at radius 3 is 1.58 bits per heavy atom. The van der Waals surface area contributed by atoms with Crippen LogP contribution in [0, 0.1) is 29.1 Å². The van der Waals surface area contributed by atoms with E-state index in [1.165, 1.54) is 0 Å². The maximum atomic E-state index is 13.9. The number of halogens is 8.